The molecule has 4 aliphatic carbocycles. The van der Waals surface area contributed by atoms with E-state index < -0.39 is 45.8 Å². The highest BCUT2D eigenvalue weighted by atomic mass is 32.2. The van der Waals surface area contributed by atoms with Crippen LogP contribution in [-0.4, -0.2) is 48.7 Å². The molecule has 1 aliphatic heterocycles. The highest BCUT2D eigenvalue weighted by molar-refractivity contribution is 7.87. The topological polar surface area (TPSA) is 116 Å². The summed E-state index contributed by atoms with van der Waals surface area (Å²) < 4.78 is 71.5. The summed E-state index contributed by atoms with van der Waals surface area (Å²) in [5.41, 5.74) is 0. The number of hydrogen-bond donors (Lipinski definition) is 1. The van der Waals surface area contributed by atoms with Crippen LogP contribution in [-0.2, 0) is 33.9 Å². The van der Waals surface area contributed by atoms with E-state index in [1.165, 1.54) is 6.42 Å². The van der Waals surface area contributed by atoms with Crippen LogP contribution >= 0.6 is 0 Å². The standard InChI is InChI=1S/C16H20F2O8S/c17-16(18,27(21,22)23)14(20)24-2-1-12-13(19)26-15(25-12)10-4-8-3-9(6-10)7-11(15)5-8/h8-12H,1-7H2,(H,21,22,23). The van der Waals surface area contributed by atoms with Crippen LogP contribution in [0.2, 0.25) is 0 Å². The molecule has 0 aromatic rings. The van der Waals surface area contributed by atoms with Gasteiger partial charge in [-0.05, 0) is 43.9 Å². The molecule has 0 aromatic carbocycles. The van der Waals surface area contributed by atoms with E-state index in [0.29, 0.717) is 11.8 Å². The first kappa shape index (κ1) is 19.0. The van der Waals surface area contributed by atoms with Gasteiger partial charge in [-0.2, -0.15) is 17.2 Å². The summed E-state index contributed by atoms with van der Waals surface area (Å²) in [6.07, 6.45) is 3.64. The lowest BCUT2D eigenvalue weighted by molar-refractivity contribution is -0.291. The Morgan fingerprint density at radius 3 is 2.26 bits per heavy atom. The molecule has 1 spiro atoms. The lowest BCUT2D eigenvalue weighted by Gasteiger charge is -2.57. The van der Waals surface area contributed by atoms with Crippen molar-refractivity contribution in [2.75, 3.05) is 6.61 Å². The minimum Gasteiger partial charge on any atom is -0.460 e. The summed E-state index contributed by atoms with van der Waals surface area (Å²) in [5.74, 6) is -2.51. The Balaban J connectivity index is 1.36. The quantitative estimate of drug-likeness (QED) is 0.535. The van der Waals surface area contributed by atoms with Gasteiger partial charge in [0.15, 0.2) is 6.10 Å². The minimum absolute atomic E-state index is 0.120. The predicted molar refractivity (Wildman–Crippen MR) is 82.8 cm³/mol. The van der Waals surface area contributed by atoms with Crippen molar-refractivity contribution in [2.45, 2.75) is 55.7 Å². The van der Waals surface area contributed by atoms with Crippen molar-refractivity contribution in [3.63, 3.8) is 0 Å². The monoisotopic (exact) mass is 410 g/mol. The average molecular weight is 410 g/mol. The van der Waals surface area contributed by atoms with Gasteiger partial charge in [-0.15, -0.1) is 0 Å². The number of rotatable bonds is 5. The molecule has 1 atom stereocenters. The Labute approximate surface area is 154 Å². The van der Waals surface area contributed by atoms with E-state index in [9.17, 15) is 26.8 Å². The SMILES string of the molecule is O=C1OC2(OC1CCOC(=O)C(F)(F)S(=O)(=O)O)C1CC3CC(C1)CC2C3. The highest BCUT2D eigenvalue weighted by Gasteiger charge is 2.65. The number of halogens is 2. The summed E-state index contributed by atoms with van der Waals surface area (Å²) in [6, 6.07) is 0. The Hall–Kier alpha value is -1.33. The van der Waals surface area contributed by atoms with Gasteiger partial charge in [0.2, 0.25) is 5.79 Å². The summed E-state index contributed by atoms with van der Waals surface area (Å²) in [6.45, 7) is -0.666. The smallest absolute Gasteiger partial charge is 0.460 e. The lowest BCUT2D eigenvalue weighted by Crippen LogP contribution is -2.58. The Morgan fingerprint density at radius 1 is 1.19 bits per heavy atom. The van der Waals surface area contributed by atoms with Crippen LogP contribution in [0.25, 0.3) is 0 Å². The van der Waals surface area contributed by atoms with Gasteiger partial charge in [0.05, 0.1) is 6.61 Å². The zero-order valence-electron chi connectivity index (χ0n) is 14.3. The molecule has 8 nitrogen and oxygen atoms in total. The van der Waals surface area contributed by atoms with Crippen molar-refractivity contribution < 1.29 is 45.6 Å². The van der Waals surface area contributed by atoms with Crippen LogP contribution in [0.3, 0.4) is 0 Å². The van der Waals surface area contributed by atoms with Gasteiger partial charge in [-0.1, -0.05) is 0 Å². The van der Waals surface area contributed by atoms with E-state index in [1.54, 1.807) is 0 Å². The number of carbonyl (C=O) groups excluding carboxylic acids is 2. The zero-order valence-corrected chi connectivity index (χ0v) is 15.1. The molecular formula is C16H20F2O8S. The van der Waals surface area contributed by atoms with Crippen LogP contribution in [0.4, 0.5) is 8.78 Å². The number of esters is 2. The molecular weight excluding hydrogens is 390 g/mol. The molecule has 11 heteroatoms. The van der Waals surface area contributed by atoms with E-state index in [0.717, 1.165) is 25.7 Å². The molecule has 1 N–H and O–H groups in total. The van der Waals surface area contributed by atoms with Crippen molar-refractivity contribution in [1.29, 1.82) is 0 Å². The molecule has 152 valence electrons. The molecule has 4 bridgehead atoms. The third-order valence-corrected chi connectivity index (χ3v) is 7.12. The van der Waals surface area contributed by atoms with Gasteiger partial charge in [0.25, 0.3) is 0 Å². The van der Waals surface area contributed by atoms with Gasteiger partial charge in [-0.3, -0.25) is 4.55 Å². The predicted octanol–water partition coefficient (Wildman–Crippen LogP) is 1.49. The maximum absolute atomic E-state index is 13.1. The highest BCUT2D eigenvalue weighted by Crippen LogP contribution is 2.61. The summed E-state index contributed by atoms with van der Waals surface area (Å²) in [5, 5.41) is -5.06. The third kappa shape index (κ3) is 2.94. The zero-order chi connectivity index (χ0) is 19.6. The molecule has 0 amide bonds. The number of carbonyl (C=O) groups is 2. The van der Waals surface area contributed by atoms with Gasteiger partial charge in [0.1, 0.15) is 0 Å². The fraction of sp³-hybridized carbons (Fsp3) is 0.875. The van der Waals surface area contributed by atoms with Crippen molar-refractivity contribution in [3.05, 3.63) is 0 Å². The van der Waals surface area contributed by atoms with Crippen molar-refractivity contribution in [1.82, 2.24) is 0 Å². The molecule has 4 saturated carbocycles. The molecule has 27 heavy (non-hydrogen) atoms. The van der Waals surface area contributed by atoms with Gasteiger partial charge < -0.3 is 14.2 Å². The largest absolute Gasteiger partial charge is 0.465 e. The van der Waals surface area contributed by atoms with E-state index in [-0.39, 0.29) is 18.3 Å². The van der Waals surface area contributed by atoms with Crippen LogP contribution < -0.4 is 0 Å². The molecule has 1 unspecified atom stereocenters. The van der Waals surface area contributed by atoms with E-state index in [2.05, 4.69) is 4.74 Å². The van der Waals surface area contributed by atoms with Crippen LogP contribution in [0.5, 0.6) is 0 Å². The van der Waals surface area contributed by atoms with Gasteiger partial charge in [-0.25, -0.2) is 9.59 Å². The second-order valence-electron chi connectivity index (χ2n) is 7.97. The first-order valence-corrected chi connectivity index (χ1v) is 10.4. The van der Waals surface area contributed by atoms with Crippen LogP contribution in [0.15, 0.2) is 0 Å². The number of alkyl halides is 2. The Bertz CT molecular complexity index is 736. The molecule has 1 saturated heterocycles. The van der Waals surface area contributed by atoms with E-state index >= 15 is 0 Å². The van der Waals surface area contributed by atoms with Crippen molar-refractivity contribution in [2.24, 2.45) is 23.7 Å². The summed E-state index contributed by atoms with van der Waals surface area (Å²) >= 11 is 0. The Kier molecular flexibility index (Phi) is 4.28. The van der Waals surface area contributed by atoms with E-state index in [4.69, 9.17) is 14.0 Å². The molecule has 5 rings (SSSR count). The van der Waals surface area contributed by atoms with Gasteiger partial charge >= 0.3 is 27.3 Å². The maximum atomic E-state index is 13.1. The summed E-state index contributed by atoms with van der Waals surface area (Å²) in [4.78, 5) is 23.4. The van der Waals surface area contributed by atoms with Crippen LogP contribution in [0, 0.1) is 23.7 Å². The normalized spacial score (nSPS) is 40.4. The first-order valence-electron chi connectivity index (χ1n) is 8.95. The number of hydrogen-bond acceptors (Lipinski definition) is 7. The molecule has 0 radical (unpaired) electrons. The van der Waals surface area contributed by atoms with Crippen LogP contribution in [0.1, 0.15) is 38.5 Å². The second-order valence-corrected chi connectivity index (χ2v) is 9.43. The fourth-order valence-corrected chi connectivity index (χ4v) is 5.61. The van der Waals surface area contributed by atoms with Crippen molar-refractivity contribution >= 4 is 22.1 Å². The molecule has 5 fully saturated rings. The van der Waals surface area contributed by atoms with E-state index in [1.807, 2.05) is 0 Å². The first-order chi connectivity index (χ1) is 12.5. The maximum Gasteiger partial charge on any atom is 0.465 e. The Morgan fingerprint density at radius 2 is 1.74 bits per heavy atom. The minimum atomic E-state index is -5.93. The number of ether oxygens (including phenoxy) is 3. The average Bonchev–Trinajstić information content (AvgIpc) is 2.89. The lowest BCUT2D eigenvalue weighted by atomic mass is 9.53. The third-order valence-electron chi connectivity index (χ3n) is 6.30. The van der Waals surface area contributed by atoms with Gasteiger partial charge in [0, 0.05) is 18.3 Å². The second kappa shape index (κ2) is 6.08. The summed E-state index contributed by atoms with van der Waals surface area (Å²) in [7, 11) is -5.93. The molecule has 0 aromatic heterocycles. The van der Waals surface area contributed by atoms with Crippen molar-refractivity contribution in [3.8, 4) is 0 Å². The molecule has 5 aliphatic rings. The fourth-order valence-electron chi connectivity index (χ4n) is 5.34. The molecule has 1 heterocycles.